The molecule has 42 heavy (non-hydrogen) atoms. The Labute approximate surface area is 253 Å². The number of hydrogen-bond donors (Lipinski definition) is 2. The van der Waals surface area contributed by atoms with Crippen LogP contribution in [0.15, 0.2) is 95.9 Å². The van der Waals surface area contributed by atoms with Crippen molar-refractivity contribution in [1.29, 1.82) is 0 Å². The van der Waals surface area contributed by atoms with Gasteiger partial charge in [-0.2, -0.15) is 9.40 Å². The van der Waals surface area contributed by atoms with Crippen molar-refractivity contribution in [2.24, 2.45) is 0 Å². The molecule has 0 amide bonds. The normalized spacial score (nSPS) is 14.9. The van der Waals surface area contributed by atoms with Crippen molar-refractivity contribution in [1.82, 2.24) is 14.5 Å². The minimum Gasteiger partial charge on any atom is -0.478 e. The van der Waals surface area contributed by atoms with E-state index in [4.69, 9.17) is 23.2 Å². The molecule has 1 saturated heterocycles. The van der Waals surface area contributed by atoms with Crippen LogP contribution in [-0.4, -0.2) is 47.1 Å². The molecule has 1 aliphatic rings. The number of nitrogens with zero attached hydrogens (tertiary/aromatic N) is 2. The van der Waals surface area contributed by atoms with Crippen LogP contribution in [0.25, 0.3) is 10.9 Å². The van der Waals surface area contributed by atoms with E-state index < -0.39 is 16.0 Å². The van der Waals surface area contributed by atoms with Gasteiger partial charge >= 0.3 is 5.97 Å². The zero-order chi connectivity index (χ0) is 29.4. The highest BCUT2D eigenvalue weighted by atomic mass is 35.5. The summed E-state index contributed by atoms with van der Waals surface area (Å²) in [6.07, 6.45) is 1.22. The summed E-state index contributed by atoms with van der Waals surface area (Å²) in [6, 6.07) is 27.5. The Hall–Kier alpha value is -3.69. The molecule has 0 bridgehead atoms. The molecule has 7 nitrogen and oxygen atoms in total. The number of hydrogen-bond acceptors (Lipinski definition) is 4. The number of aromatic amines is 1. The number of benzene rings is 4. The van der Waals surface area contributed by atoms with Gasteiger partial charge in [-0.25, -0.2) is 13.2 Å². The van der Waals surface area contributed by atoms with Gasteiger partial charge in [0, 0.05) is 46.1 Å². The summed E-state index contributed by atoms with van der Waals surface area (Å²) in [5.74, 6) is -1.13. The number of carboxylic acid groups (broad SMARTS) is 1. The summed E-state index contributed by atoms with van der Waals surface area (Å²) < 4.78 is 28.0. The molecule has 6 rings (SSSR count). The number of nitrogens with one attached hydrogen (secondary N) is 1. The van der Waals surface area contributed by atoms with Gasteiger partial charge in [0.1, 0.15) is 0 Å². The lowest BCUT2D eigenvalue weighted by Crippen LogP contribution is -2.38. The van der Waals surface area contributed by atoms with Gasteiger partial charge in [0.2, 0.25) is 10.0 Å². The van der Waals surface area contributed by atoms with Crippen molar-refractivity contribution >= 4 is 50.1 Å². The summed E-state index contributed by atoms with van der Waals surface area (Å²) >= 11 is 12.4. The average molecular weight is 621 g/mol. The summed E-state index contributed by atoms with van der Waals surface area (Å²) in [4.78, 5) is 11.4. The Morgan fingerprint density at radius 3 is 2.05 bits per heavy atom. The second-order valence-electron chi connectivity index (χ2n) is 10.5. The smallest absolute Gasteiger partial charge is 0.335 e. The fraction of sp³-hybridized carbons (Fsp3) is 0.188. The van der Waals surface area contributed by atoms with Gasteiger partial charge in [0.05, 0.1) is 16.0 Å². The number of halogens is 2. The van der Waals surface area contributed by atoms with E-state index in [1.807, 2.05) is 54.6 Å². The van der Waals surface area contributed by atoms with Crippen LogP contribution < -0.4 is 0 Å². The lowest BCUT2D eigenvalue weighted by Gasteiger charge is -2.31. The average Bonchev–Trinajstić information content (AvgIpc) is 3.43. The zero-order valence-corrected chi connectivity index (χ0v) is 24.7. The van der Waals surface area contributed by atoms with E-state index in [1.165, 1.54) is 28.6 Å². The van der Waals surface area contributed by atoms with E-state index >= 15 is 0 Å². The molecule has 0 radical (unpaired) electrons. The molecule has 0 spiro atoms. The molecular formula is C32H27Cl2N3O4S. The van der Waals surface area contributed by atoms with Gasteiger partial charge in [-0.05, 0) is 84.1 Å². The zero-order valence-electron chi connectivity index (χ0n) is 22.4. The first kappa shape index (κ1) is 28.4. The van der Waals surface area contributed by atoms with E-state index in [0.717, 1.165) is 33.3 Å². The predicted molar refractivity (Wildman–Crippen MR) is 164 cm³/mol. The van der Waals surface area contributed by atoms with E-state index in [1.54, 1.807) is 0 Å². The largest absolute Gasteiger partial charge is 0.478 e. The Balaban J connectivity index is 1.29. The highest BCUT2D eigenvalue weighted by molar-refractivity contribution is 7.89. The molecule has 0 saturated carbocycles. The minimum atomic E-state index is -3.81. The third-order valence-electron chi connectivity index (χ3n) is 7.93. The number of fused-ring (bicyclic) bond motifs is 1. The topological polar surface area (TPSA) is 103 Å². The van der Waals surface area contributed by atoms with Gasteiger partial charge in [0.25, 0.3) is 0 Å². The molecule has 5 aromatic rings. The number of aromatic carboxylic acids is 1. The van der Waals surface area contributed by atoms with Crippen LogP contribution in [0.5, 0.6) is 0 Å². The maximum atomic E-state index is 13.3. The van der Waals surface area contributed by atoms with Crippen LogP contribution in [0, 0.1) is 0 Å². The molecule has 2 heterocycles. The first-order valence-electron chi connectivity index (χ1n) is 13.5. The Bertz CT molecular complexity index is 1820. The fourth-order valence-corrected chi connectivity index (χ4v) is 7.52. The van der Waals surface area contributed by atoms with Gasteiger partial charge in [0.15, 0.2) is 0 Å². The third kappa shape index (κ3) is 5.55. The van der Waals surface area contributed by atoms with Crippen LogP contribution in [-0.2, 0) is 10.0 Å². The minimum absolute atomic E-state index is 0.00655. The quantitative estimate of drug-likeness (QED) is 0.186. The van der Waals surface area contributed by atoms with Crippen molar-refractivity contribution in [2.75, 3.05) is 13.1 Å². The maximum absolute atomic E-state index is 13.3. The van der Waals surface area contributed by atoms with Crippen molar-refractivity contribution in [2.45, 2.75) is 29.6 Å². The van der Waals surface area contributed by atoms with Crippen LogP contribution in [0.2, 0.25) is 10.0 Å². The highest BCUT2D eigenvalue weighted by Crippen LogP contribution is 2.38. The Kier molecular flexibility index (Phi) is 7.81. The first-order valence-corrected chi connectivity index (χ1v) is 15.7. The van der Waals surface area contributed by atoms with E-state index in [-0.39, 0.29) is 22.3 Å². The second kappa shape index (κ2) is 11.5. The van der Waals surface area contributed by atoms with E-state index in [9.17, 15) is 18.3 Å². The first-order chi connectivity index (χ1) is 20.2. The van der Waals surface area contributed by atoms with Crippen LogP contribution in [0.4, 0.5) is 0 Å². The maximum Gasteiger partial charge on any atom is 0.335 e. The van der Waals surface area contributed by atoms with Gasteiger partial charge in [-0.1, -0.05) is 59.6 Å². The summed E-state index contributed by atoms with van der Waals surface area (Å²) in [5.41, 5.74) is 5.06. The fourth-order valence-electron chi connectivity index (χ4n) is 5.75. The second-order valence-corrected chi connectivity index (χ2v) is 13.3. The predicted octanol–water partition coefficient (Wildman–Crippen LogP) is 7.32. The van der Waals surface area contributed by atoms with E-state index in [2.05, 4.69) is 22.3 Å². The van der Waals surface area contributed by atoms with Crippen LogP contribution in [0.3, 0.4) is 0 Å². The van der Waals surface area contributed by atoms with Crippen molar-refractivity contribution < 1.29 is 18.3 Å². The number of aromatic nitrogens is 2. The summed E-state index contributed by atoms with van der Waals surface area (Å²) in [5, 5.41) is 19.4. The molecular weight excluding hydrogens is 593 g/mol. The molecule has 0 aliphatic carbocycles. The molecule has 2 N–H and O–H groups in total. The van der Waals surface area contributed by atoms with Crippen molar-refractivity contribution in [3.8, 4) is 0 Å². The lowest BCUT2D eigenvalue weighted by molar-refractivity contribution is 0.0696. The number of carbonyl (C=O) groups is 1. The SMILES string of the molecule is O=C(O)c1cccc(S(=O)(=O)N2CCC(c3[nH]nc4ccc(C(c5ccc(Cl)cc5)c5ccc(Cl)cc5)cc34)CC2)c1. The third-order valence-corrected chi connectivity index (χ3v) is 10.3. The molecule has 0 atom stereocenters. The standard InChI is InChI=1S/C32H27Cl2N3O4S/c33-25-9-4-20(5-10-25)30(21-6-11-26(34)12-7-21)23-8-13-29-28(19-23)31(36-35-29)22-14-16-37(17-15-22)42(40,41)27-3-1-2-24(18-27)32(38)39/h1-13,18-19,22,30H,14-17H2,(H,35,36)(H,38,39). The Morgan fingerprint density at radius 2 is 1.45 bits per heavy atom. The van der Waals surface area contributed by atoms with Crippen LogP contribution >= 0.6 is 23.2 Å². The van der Waals surface area contributed by atoms with E-state index in [0.29, 0.717) is 36.0 Å². The number of piperidine rings is 1. The molecule has 0 unspecified atom stereocenters. The van der Waals surface area contributed by atoms with Crippen molar-refractivity contribution in [3.63, 3.8) is 0 Å². The molecule has 4 aromatic carbocycles. The molecule has 1 aromatic heterocycles. The molecule has 10 heteroatoms. The highest BCUT2D eigenvalue weighted by Gasteiger charge is 2.32. The number of rotatable bonds is 7. The van der Waals surface area contributed by atoms with Gasteiger partial charge in [-0.15, -0.1) is 0 Å². The Morgan fingerprint density at radius 1 is 0.857 bits per heavy atom. The number of carboxylic acids is 1. The van der Waals surface area contributed by atoms with Crippen molar-refractivity contribution in [3.05, 3.63) is 129 Å². The van der Waals surface area contributed by atoms with Gasteiger partial charge < -0.3 is 5.11 Å². The molecule has 214 valence electrons. The van der Waals surface area contributed by atoms with Crippen LogP contribution in [0.1, 0.15) is 57.4 Å². The van der Waals surface area contributed by atoms with Gasteiger partial charge in [-0.3, -0.25) is 5.10 Å². The summed E-state index contributed by atoms with van der Waals surface area (Å²) in [7, 11) is -3.81. The molecule has 1 fully saturated rings. The summed E-state index contributed by atoms with van der Waals surface area (Å²) in [6.45, 7) is 0.644. The number of sulfonamides is 1. The monoisotopic (exact) mass is 619 g/mol. The lowest BCUT2D eigenvalue weighted by atomic mass is 9.84. The number of H-pyrrole nitrogens is 1. The molecule has 1 aliphatic heterocycles.